The molecule has 0 fully saturated rings. The van der Waals surface area contributed by atoms with Crippen molar-refractivity contribution in [3.63, 3.8) is 0 Å². The molecule has 1 aliphatic carbocycles. The topological polar surface area (TPSA) is 23.0 Å². The van der Waals surface area contributed by atoms with Crippen LogP contribution in [0.4, 0.5) is 0 Å². The largest absolute Gasteiger partial charge is 0.456 e. The maximum Gasteiger partial charge on any atom is 0.137 e. The molecule has 3 heterocycles. The first-order chi connectivity index (χ1) is 27.3. The van der Waals surface area contributed by atoms with E-state index in [4.69, 9.17) is 4.42 Å². The van der Waals surface area contributed by atoms with Crippen LogP contribution in [0.15, 0.2) is 186 Å². The van der Waals surface area contributed by atoms with E-state index in [2.05, 4.69) is 185 Å². The number of rotatable bonds is 3. The number of nitrogens with zero attached hydrogens (tertiary/aromatic N) is 2. The van der Waals surface area contributed by atoms with Crippen molar-refractivity contribution in [2.45, 2.75) is 0 Å². The lowest BCUT2D eigenvalue weighted by atomic mass is 10.0. The molecule has 9 aromatic carbocycles. The summed E-state index contributed by atoms with van der Waals surface area (Å²) in [6.07, 6.45) is 0. The molecule has 3 heteroatoms. The fourth-order valence-electron chi connectivity index (χ4n) is 9.71. The summed E-state index contributed by atoms with van der Waals surface area (Å²) in [5.74, 6) is 0. The summed E-state index contributed by atoms with van der Waals surface area (Å²) in [4.78, 5) is 0. The molecule has 0 unspecified atom stereocenters. The Morgan fingerprint density at radius 1 is 0.309 bits per heavy atom. The lowest BCUT2D eigenvalue weighted by Crippen LogP contribution is -1.96. The van der Waals surface area contributed by atoms with Crippen molar-refractivity contribution >= 4 is 76.3 Å². The van der Waals surface area contributed by atoms with Crippen LogP contribution in [0, 0.1) is 0 Å². The Bertz CT molecular complexity index is 3590. The van der Waals surface area contributed by atoms with Gasteiger partial charge in [0.25, 0.3) is 0 Å². The second-order valence-electron chi connectivity index (χ2n) is 14.9. The fourth-order valence-corrected chi connectivity index (χ4v) is 9.71. The number of para-hydroxylation sites is 2. The molecule has 0 saturated carbocycles. The lowest BCUT2D eigenvalue weighted by Gasteiger charge is -2.12. The van der Waals surface area contributed by atoms with E-state index in [1.54, 1.807) is 0 Å². The molecule has 0 amide bonds. The van der Waals surface area contributed by atoms with E-state index < -0.39 is 0 Å². The molecule has 1 aliphatic rings. The van der Waals surface area contributed by atoms with E-state index in [0.29, 0.717) is 0 Å². The van der Waals surface area contributed by atoms with Crippen molar-refractivity contribution in [3.8, 4) is 44.8 Å². The normalized spacial score (nSPS) is 12.4. The van der Waals surface area contributed by atoms with Crippen LogP contribution in [-0.4, -0.2) is 9.13 Å². The molecule has 0 saturated heterocycles. The zero-order valence-electron chi connectivity index (χ0n) is 29.6. The van der Waals surface area contributed by atoms with Gasteiger partial charge in [-0.25, -0.2) is 0 Å². The van der Waals surface area contributed by atoms with Gasteiger partial charge in [-0.1, -0.05) is 121 Å². The SMILES string of the molecule is c1ccc(-c2cccc(-n3c4cc5oc6ccccc6c5cc4c4c5c6ccccc6n(-c6ccc7c(c6)-c6cccc8cccc-7c68)c5ccc43)c2)cc1. The molecule has 0 N–H and O–H groups in total. The summed E-state index contributed by atoms with van der Waals surface area (Å²) in [5, 5.41) is 9.86. The van der Waals surface area contributed by atoms with Gasteiger partial charge in [0, 0.05) is 49.8 Å². The highest BCUT2D eigenvalue weighted by atomic mass is 16.3. The molecule has 0 bridgehead atoms. The monoisotopic (exact) mass is 698 g/mol. The molecular weight excluding hydrogens is 669 g/mol. The van der Waals surface area contributed by atoms with Gasteiger partial charge in [0.15, 0.2) is 0 Å². The Kier molecular flexibility index (Phi) is 5.63. The zero-order chi connectivity index (χ0) is 35.8. The predicted molar refractivity (Wildman–Crippen MR) is 230 cm³/mol. The molecule has 13 rings (SSSR count). The van der Waals surface area contributed by atoms with Gasteiger partial charge in [0.1, 0.15) is 11.2 Å². The third-order valence-electron chi connectivity index (χ3n) is 12.0. The van der Waals surface area contributed by atoms with E-state index in [0.717, 1.165) is 38.8 Å². The average molecular weight is 699 g/mol. The zero-order valence-corrected chi connectivity index (χ0v) is 29.6. The highest BCUT2D eigenvalue weighted by Gasteiger charge is 2.25. The first-order valence-corrected chi connectivity index (χ1v) is 18.9. The van der Waals surface area contributed by atoms with Crippen molar-refractivity contribution in [1.82, 2.24) is 9.13 Å². The summed E-state index contributed by atoms with van der Waals surface area (Å²) >= 11 is 0. The highest BCUT2D eigenvalue weighted by molar-refractivity contribution is 6.30. The Morgan fingerprint density at radius 3 is 1.84 bits per heavy atom. The van der Waals surface area contributed by atoms with Gasteiger partial charge in [-0.05, 0) is 98.8 Å². The minimum Gasteiger partial charge on any atom is -0.456 e. The highest BCUT2D eigenvalue weighted by Crippen LogP contribution is 2.49. The second-order valence-corrected chi connectivity index (χ2v) is 14.9. The first kappa shape index (κ1) is 29.1. The number of aromatic nitrogens is 2. The molecule has 0 aliphatic heterocycles. The van der Waals surface area contributed by atoms with Gasteiger partial charge >= 0.3 is 0 Å². The van der Waals surface area contributed by atoms with Crippen LogP contribution < -0.4 is 0 Å². The Morgan fingerprint density at radius 2 is 0.982 bits per heavy atom. The van der Waals surface area contributed by atoms with Crippen molar-refractivity contribution < 1.29 is 4.42 Å². The van der Waals surface area contributed by atoms with Crippen LogP contribution in [0.5, 0.6) is 0 Å². The van der Waals surface area contributed by atoms with Crippen LogP contribution >= 0.6 is 0 Å². The Balaban J connectivity index is 1.14. The number of benzene rings is 9. The molecule has 0 radical (unpaired) electrons. The molecule has 254 valence electrons. The van der Waals surface area contributed by atoms with Gasteiger partial charge in [0.05, 0.1) is 22.1 Å². The van der Waals surface area contributed by atoms with Gasteiger partial charge in [0.2, 0.25) is 0 Å². The van der Waals surface area contributed by atoms with E-state index in [1.165, 1.54) is 82.2 Å². The third kappa shape index (κ3) is 3.89. The fraction of sp³-hybridized carbons (Fsp3) is 0. The van der Waals surface area contributed by atoms with Crippen LogP contribution in [0.25, 0.3) is 121 Å². The third-order valence-corrected chi connectivity index (χ3v) is 12.0. The molecule has 12 aromatic rings. The summed E-state index contributed by atoms with van der Waals surface area (Å²) in [6.45, 7) is 0. The van der Waals surface area contributed by atoms with Crippen molar-refractivity contribution in [1.29, 1.82) is 0 Å². The van der Waals surface area contributed by atoms with Crippen molar-refractivity contribution in [3.05, 3.63) is 182 Å². The Hall–Kier alpha value is -7.36. The van der Waals surface area contributed by atoms with Gasteiger partial charge in [-0.15, -0.1) is 0 Å². The second kappa shape index (κ2) is 10.6. The molecule has 55 heavy (non-hydrogen) atoms. The summed E-state index contributed by atoms with van der Waals surface area (Å²) in [5.41, 5.74) is 16.4. The molecular formula is C52H30N2O. The summed E-state index contributed by atoms with van der Waals surface area (Å²) < 4.78 is 11.4. The summed E-state index contributed by atoms with van der Waals surface area (Å²) in [6, 6.07) is 66.5. The number of furan rings is 1. The van der Waals surface area contributed by atoms with E-state index in [1.807, 2.05) is 6.07 Å². The maximum absolute atomic E-state index is 6.52. The van der Waals surface area contributed by atoms with E-state index in [-0.39, 0.29) is 0 Å². The van der Waals surface area contributed by atoms with E-state index in [9.17, 15) is 0 Å². The van der Waals surface area contributed by atoms with Crippen LogP contribution in [0.2, 0.25) is 0 Å². The maximum atomic E-state index is 6.52. The van der Waals surface area contributed by atoms with Crippen LogP contribution in [0.1, 0.15) is 0 Å². The average Bonchev–Trinajstić information content (AvgIpc) is 3.97. The predicted octanol–water partition coefficient (Wildman–Crippen LogP) is 14.2. The summed E-state index contributed by atoms with van der Waals surface area (Å²) in [7, 11) is 0. The standard InChI is InChI=1S/C52H30N2O/c1-2-11-31(12-3-1)33-15-8-16-34(27-33)54-46-26-25-45-51(52(46)43-29-42-37-17-5-7-22-48(37)55-49(42)30-47(43)54)40-18-4-6-21-44(40)53(45)35-23-24-36-38-19-9-13-32-14-10-20-39(50(32)38)41(36)28-35/h1-30H. The Labute approximate surface area is 315 Å². The lowest BCUT2D eigenvalue weighted by molar-refractivity contribution is 0.669. The molecule has 3 aromatic heterocycles. The minimum atomic E-state index is 0.893. The van der Waals surface area contributed by atoms with Crippen molar-refractivity contribution in [2.75, 3.05) is 0 Å². The minimum absolute atomic E-state index is 0.893. The van der Waals surface area contributed by atoms with Crippen LogP contribution in [-0.2, 0) is 0 Å². The molecule has 0 spiro atoms. The quantitative estimate of drug-likeness (QED) is 0.180. The number of fused-ring (bicyclic) bond motifs is 13. The molecule has 0 atom stereocenters. The smallest absolute Gasteiger partial charge is 0.137 e. The van der Waals surface area contributed by atoms with Gasteiger partial charge < -0.3 is 13.6 Å². The van der Waals surface area contributed by atoms with Gasteiger partial charge in [-0.3, -0.25) is 0 Å². The molecule has 3 nitrogen and oxygen atoms in total. The first-order valence-electron chi connectivity index (χ1n) is 18.9. The van der Waals surface area contributed by atoms with Crippen LogP contribution in [0.3, 0.4) is 0 Å². The number of hydrogen-bond acceptors (Lipinski definition) is 1. The van der Waals surface area contributed by atoms with Gasteiger partial charge in [-0.2, -0.15) is 0 Å². The van der Waals surface area contributed by atoms with E-state index >= 15 is 0 Å². The van der Waals surface area contributed by atoms with Crippen molar-refractivity contribution in [2.24, 2.45) is 0 Å². The number of hydrogen-bond donors (Lipinski definition) is 0.